The summed E-state index contributed by atoms with van der Waals surface area (Å²) < 4.78 is 24.7. The summed E-state index contributed by atoms with van der Waals surface area (Å²) in [5.41, 5.74) is 0. The highest BCUT2D eigenvalue weighted by Crippen LogP contribution is 2.21. The number of hydrogen-bond donors (Lipinski definition) is 1. The summed E-state index contributed by atoms with van der Waals surface area (Å²) in [7, 11) is -3.55. The Kier molecular flexibility index (Phi) is 4.99. The number of hydrazone groups is 1. The quantitative estimate of drug-likeness (QED) is 0.672. The summed E-state index contributed by atoms with van der Waals surface area (Å²) in [6.07, 6.45) is 7.61. The lowest BCUT2D eigenvalue weighted by atomic mass is 9.90. The van der Waals surface area contributed by atoms with Gasteiger partial charge in [-0.05, 0) is 43.0 Å². The number of halogens is 1. The number of nitrogens with one attached hydrogen (secondary N) is 1. The van der Waals surface area contributed by atoms with E-state index < -0.39 is 10.0 Å². The summed E-state index contributed by atoms with van der Waals surface area (Å²) in [6, 6.07) is 6.48. The van der Waals surface area contributed by atoms with Gasteiger partial charge in [-0.15, -0.1) is 0 Å². The normalized spacial score (nSPS) is 17.7. The van der Waals surface area contributed by atoms with Crippen LogP contribution in [0.2, 0.25) is 0 Å². The van der Waals surface area contributed by atoms with E-state index in [0.29, 0.717) is 5.92 Å². The number of rotatable bonds is 4. The maximum absolute atomic E-state index is 11.9. The zero-order valence-corrected chi connectivity index (χ0v) is 13.0. The van der Waals surface area contributed by atoms with Gasteiger partial charge in [0.05, 0.1) is 4.90 Å². The van der Waals surface area contributed by atoms with Gasteiger partial charge in [0.2, 0.25) is 0 Å². The van der Waals surface area contributed by atoms with Crippen molar-refractivity contribution in [3.8, 4) is 0 Å². The number of benzene rings is 1. The Balaban J connectivity index is 1.97. The van der Waals surface area contributed by atoms with Crippen molar-refractivity contribution < 1.29 is 8.42 Å². The van der Waals surface area contributed by atoms with Crippen LogP contribution in [0, 0.1) is 5.92 Å². The third kappa shape index (κ3) is 4.31. The second-order valence-corrected chi connectivity index (χ2v) is 7.30. The highest BCUT2D eigenvalue weighted by atomic mass is 79.9. The van der Waals surface area contributed by atoms with Gasteiger partial charge in [0.25, 0.3) is 10.0 Å². The van der Waals surface area contributed by atoms with E-state index in [-0.39, 0.29) is 4.90 Å². The van der Waals surface area contributed by atoms with Crippen LogP contribution in [-0.2, 0) is 10.0 Å². The first-order valence-electron chi connectivity index (χ1n) is 6.38. The summed E-state index contributed by atoms with van der Waals surface area (Å²) in [6.45, 7) is 0. The molecule has 0 aliphatic heterocycles. The van der Waals surface area contributed by atoms with Crippen LogP contribution in [-0.4, -0.2) is 14.6 Å². The number of nitrogens with zero attached hydrogens (tertiary/aromatic N) is 1. The molecule has 1 N–H and O–H groups in total. The zero-order chi connectivity index (χ0) is 13.7. The fraction of sp³-hybridized carbons (Fsp3) is 0.462. The minimum atomic E-state index is -3.55. The van der Waals surface area contributed by atoms with E-state index >= 15 is 0 Å². The van der Waals surface area contributed by atoms with Crippen molar-refractivity contribution >= 4 is 32.2 Å². The largest absolute Gasteiger partial charge is 0.276 e. The number of sulfonamides is 1. The van der Waals surface area contributed by atoms with Gasteiger partial charge in [-0.3, -0.25) is 0 Å². The highest BCUT2D eigenvalue weighted by molar-refractivity contribution is 9.10. The monoisotopic (exact) mass is 344 g/mol. The van der Waals surface area contributed by atoms with Crippen LogP contribution in [0.3, 0.4) is 0 Å². The molecule has 0 aromatic heterocycles. The van der Waals surface area contributed by atoms with Crippen molar-refractivity contribution in [2.24, 2.45) is 11.0 Å². The van der Waals surface area contributed by atoms with Crippen LogP contribution in [0.1, 0.15) is 32.1 Å². The van der Waals surface area contributed by atoms with E-state index in [4.69, 9.17) is 0 Å². The molecule has 0 unspecified atom stereocenters. The van der Waals surface area contributed by atoms with Gasteiger partial charge in [-0.2, -0.15) is 13.5 Å². The molecule has 1 fully saturated rings. The molecule has 1 aliphatic rings. The van der Waals surface area contributed by atoms with Gasteiger partial charge in [-0.1, -0.05) is 35.2 Å². The smallest absolute Gasteiger partial charge is 0.200 e. The molecule has 0 heterocycles. The van der Waals surface area contributed by atoms with Crippen LogP contribution >= 0.6 is 15.9 Å². The minimum absolute atomic E-state index is 0.219. The van der Waals surface area contributed by atoms with Gasteiger partial charge in [0, 0.05) is 10.7 Å². The molecule has 1 saturated carbocycles. The fourth-order valence-corrected chi connectivity index (χ4v) is 3.22. The van der Waals surface area contributed by atoms with E-state index in [9.17, 15) is 8.42 Å². The maximum atomic E-state index is 11.9. The molecule has 19 heavy (non-hydrogen) atoms. The molecule has 1 aromatic carbocycles. The average molecular weight is 345 g/mol. The van der Waals surface area contributed by atoms with Crippen molar-refractivity contribution in [1.82, 2.24) is 4.83 Å². The topological polar surface area (TPSA) is 58.5 Å². The molecule has 1 aromatic rings. The van der Waals surface area contributed by atoms with Crippen molar-refractivity contribution in [2.45, 2.75) is 37.0 Å². The SMILES string of the molecule is O=S(=O)(N/N=C/C1CCCCC1)c1ccc(Br)cc1. The predicted octanol–water partition coefficient (Wildman–Crippen LogP) is 3.29. The van der Waals surface area contributed by atoms with E-state index in [2.05, 4.69) is 25.9 Å². The Morgan fingerprint density at radius 1 is 1.16 bits per heavy atom. The first-order valence-corrected chi connectivity index (χ1v) is 8.66. The molecule has 0 atom stereocenters. The van der Waals surface area contributed by atoms with Gasteiger partial charge >= 0.3 is 0 Å². The van der Waals surface area contributed by atoms with E-state index in [0.717, 1.165) is 17.3 Å². The van der Waals surface area contributed by atoms with Crippen LogP contribution in [0.4, 0.5) is 0 Å². The van der Waals surface area contributed by atoms with Crippen molar-refractivity contribution in [1.29, 1.82) is 0 Å². The molecular weight excluding hydrogens is 328 g/mol. The Morgan fingerprint density at radius 2 is 1.79 bits per heavy atom. The molecule has 0 bridgehead atoms. The van der Waals surface area contributed by atoms with Crippen molar-refractivity contribution in [3.05, 3.63) is 28.7 Å². The van der Waals surface area contributed by atoms with E-state index in [1.165, 1.54) is 19.3 Å². The van der Waals surface area contributed by atoms with E-state index in [1.807, 2.05) is 0 Å². The molecule has 104 valence electrons. The first kappa shape index (κ1) is 14.5. The lowest BCUT2D eigenvalue weighted by Gasteiger charge is -2.16. The number of hydrogen-bond acceptors (Lipinski definition) is 3. The third-order valence-corrected chi connectivity index (χ3v) is 5.00. The zero-order valence-electron chi connectivity index (χ0n) is 10.5. The standard InChI is InChI=1S/C13H17BrN2O2S/c14-12-6-8-13(9-7-12)19(17,18)16-15-10-11-4-2-1-3-5-11/h6-11,16H,1-5H2/b15-10+. The Morgan fingerprint density at radius 3 is 2.42 bits per heavy atom. The van der Waals surface area contributed by atoms with Crippen LogP contribution < -0.4 is 4.83 Å². The second kappa shape index (κ2) is 6.52. The average Bonchev–Trinajstić information content (AvgIpc) is 2.40. The highest BCUT2D eigenvalue weighted by Gasteiger charge is 2.14. The predicted molar refractivity (Wildman–Crippen MR) is 79.5 cm³/mol. The van der Waals surface area contributed by atoms with Crippen LogP contribution in [0.5, 0.6) is 0 Å². The van der Waals surface area contributed by atoms with Crippen molar-refractivity contribution in [2.75, 3.05) is 0 Å². The van der Waals surface area contributed by atoms with Gasteiger partial charge in [0.1, 0.15) is 0 Å². The van der Waals surface area contributed by atoms with Crippen molar-refractivity contribution in [3.63, 3.8) is 0 Å². The summed E-state index contributed by atoms with van der Waals surface area (Å²) in [5, 5.41) is 3.89. The maximum Gasteiger partial charge on any atom is 0.276 e. The summed E-state index contributed by atoms with van der Waals surface area (Å²) in [5.74, 6) is 0.404. The molecule has 6 heteroatoms. The molecule has 0 radical (unpaired) electrons. The summed E-state index contributed by atoms with van der Waals surface area (Å²) >= 11 is 3.27. The Labute approximate surface area is 122 Å². The molecule has 0 amide bonds. The van der Waals surface area contributed by atoms with Gasteiger partial charge in [-0.25, -0.2) is 4.83 Å². The Bertz CT molecular complexity index is 534. The second-order valence-electron chi connectivity index (χ2n) is 4.72. The molecule has 4 nitrogen and oxygen atoms in total. The Hall–Kier alpha value is -0.880. The summed E-state index contributed by atoms with van der Waals surface area (Å²) in [4.78, 5) is 2.49. The third-order valence-electron chi connectivity index (χ3n) is 3.23. The van der Waals surface area contributed by atoms with Gasteiger partial charge < -0.3 is 0 Å². The molecule has 1 aliphatic carbocycles. The van der Waals surface area contributed by atoms with E-state index in [1.54, 1.807) is 30.5 Å². The fourth-order valence-electron chi connectivity index (χ4n) is 2.15. The molecular formula is C13H17BrN2O2S. The minimum Gasteiger partial charge on any atom is -0.200 e. The van der Waals surface area contributed by atoms with Gasteiger partial charge in [0.15, 0.2) is 0 Å². The lowest BCUT2D eigenvalue weighted by Crippen LogP contribution is -2.19. The molecule has 2 rings (SSSR count). The van der Waals surface area contributed by atoms with Crippen LogP contribution in [0.25, 0.3) is 0 Å². The first-order chi connectivity index (χ1) is 9.08. The van der Waals surface area contributed by atoms with Crippen LogP contribution in [0.15, 0.2) is 38.7 Å². The molecule has 0 spiro atoms. The molecule has 0 saturated heterocycles. The lowest BCUT2D eigenvalue weighted by molar-refractivity contribution is 0.444.